The van der Waals surface area contributed by atoms with Crippen LogP contribution in [-0.2, 0) is 9.59 Å². The molecule has 2 atom stereocenters. The molecule has 1 aromatic carbocycles. The van der Waals surface area contributed by atoms with Gasteiger partial charge in [0.1, 0.15) is 12.6 Å². The second-order valence-corrected chi connectivity index (χ2v) is 6.40. The van der Waals surface area contributed by atoms with Crippen LogP contribution in [0.15, 0.2) is 28.7 Å². The molecule has 0 aliphatic carbocycles. The molecule has 2 unspecified atom stereocenters. The van der Waals surface area contributed by atoms with E-state index in [2.05, 4.69) is 21.2 Å². The van der Waals surface area contributed by atoms with Crippen LogP contribution in [0.3, 0.4) is 0 Å². The average molecular weight is 339 g/mol. The number of nitrogens with one attached hydrogen (secondary N) is 1. The summed E-state index contributed by atoms with van der Waals surface area (Å²) in [7, 11) is 0. The van der Waals surface area contributed by atoms with Crippen LogP contribution < -0.4 is 5.32 Å². The molecule has 1 N–H and O–H groups in total. The third-order valence-electron chi connectivity index (χ3n) is 3.64. The van der Waals surface area contributed by atoms with Crippen molar-refractivity contribution in [3.8, 4) is 0 Å². The van der Waals surface area contributed by atoms with E-state index in [4.69, 9.17) is 0 Å². The minimum absolute atomic E-state index is 0.00734. The van der Waals surface area contributed by atoms with Gasteiger partial charge < -0.3 is 10.2 Å². The fourth-order valence-electron chi connectivity index (χ4n) is 2.42. The van der Waals surface area contributed by atoms with E-state index in [9.17, 15) is 9.59 Å². The van der Waals surface area contributed by atoms with Gasteiger partial charge in [0, 0.05) is 4.47 Å². The van der Waals surface area contributed by atoms with Gasteiger partial charge in [0.15, 0.2) is 0 Å². The Balaban J connectivity index is 2.26. The second kappa shape index (κ2) is 5.95. The summed E-state index contributed by atoms with van der Waals surface area (Å²) >= 11 is 3.43. The Morgan fingerprint density at radius 1 is 1.30 bits per heavy atom. The summed E-state index contributed by atoms with van der Waals surface area (Å²) in [4.78, 5) is 26.0. The summed E-state index contributed by atoms with van der Waals surface area (Å²) in [5.41, 5.74) is 1.02. The fourth-order valence-corrected chi connectivity index (χ4v) is 2.84. The number of carbonyl (C=O) groups excluding carboxylic acids is 2. The summed E-state index contributed by atoms with van der Waals surface area (Å²) in [5, 5.41) is 2.77. The number of carbonyl (C=O) groups is 2. The van der Waals surface area contributed by atoms with Crippen LogP contribution in [0.2, 0.25) is 0 Å². The largest absolute Gasteiger partial charge is 0.343 e. The van der Waals surface area contributed by atoms with Gasteiger partial charge in [-0.25, -0.2) is 0 Å². The predicted octanol–water partition coefficient (Wildman–Crippen LogP) is 2.49. The van der Waals surface area contributed by atoms with E-state index in [1.165, 1.54) is 0 Å². The molecule has 1 aliphatic heterocycles. The summed E-state index contributed by atoms with van der Waals surface area (Å²) < 4.78 is 0.969. The lowest BCUT2D eigenvalue weighted by Crippen LogP contribution is -2.60. The Labute approximate surface area is 127 Å². The predicted molar refractivity (Wildman–Crippen MR) is 81.0 cm³/mol. The van der Waals surface area contributed by atoms with E-state index in [-0.39, 0.29) is 30.3 Å². The molecule has 0 bridgehead atoms. The number of nitrogens with zero attached hydrogens (tertiary/aromatic N) is 1. The van der Waals surface area contributed by atoms with Crippen molar-refractivity contribution in [2.24, 2.45) is 5.92 Å². The summed E-state index contributed by atoms with van der Waals surface area (Å²) in [6.45, 7) is 5.96. The molecule has 5 heteroatoms. The van der Waals surface area contributed by atoms with Crippen molar-refractivity contribution in [1.29, 1.82) is 0 Å². The van der Waals surface area contributed by atoms with E-state index in [0.717, 1.165) is 10.0 Å². The van der Waals surface area contributed by atoms with Gasteiger partial charge in [-0.3, -0.25) is 9.59 Å². The normalized spacial score (nSPS) is 21.1. The molecule has 2 amide bonds. The molecule has 108 valence electrons. The van der Waals surface area contributed by atoms with Crippen molar-refractivity contribution < 1.29 is 9.59 Å². The SMILES string of the molecule is CC(C)C1NC(=O)CN(C(C)c2cccc(Br)c2)C1=O. The van der Waals surface area contributed by atoms with Crippen LogP contribution in [-0.4, -0.2) is 29.3 Å². The highest BCUT2D eigenvalue weighted by atomic mass is 79.9. The monoisotopic (exact) mass is 338 g/mol. The minimum atomic E-state index is -0.425. The van der Waals surface area contributed by atoms with Gasteiger partial charge in [0.05, 0.1) is 6.04 Å². The quantitative estimate of drug-likeness (QED) is 0.920. The zero-order valence-corrected chi connectivity index (χ0v) is 13.5. The molecule has 20 heavy (non-hydrogen) atoms. The van der Waals surface area contributed by atoms with Gasteiger partial charge in [0.2, 0.25) is 11.8 Å². The Morgan fingerprint density at radius 3 is 2.60 bits per heavy atom. The van der Waals surface area contributed by atoms with E-state index < -0.39 is 6.04 Å². The van der Waals surface area contributed by atoms with Gasteiger partial charge >= 0.3 is 0 Å². The number of rotatable bonds is 3. The minimum Gasteiger partial charge on any atom is -0.343 e. The Hall–Kier alpha value is -1.36. The molecule has 1 saturated heterocycles. The number of amides is 2. The highest BCUT2D eigenvalue weighted by Crippen LogP contribution is 2.26. The number of hydrogen-bond acceptors (Lipinski definition) is 2. The lowest BCUT2D eigenvalue weighted by atomic mass is 9.98. The second-order valence-electron chi connectivity index (χ2n) is 5.49. The Morgan fingerprint density at radius 2 is 2.00 bits per heavy atom. The fraction of sp³-hybridized carbons (Fsp3) is 0.467. The van der Waals surface area contributed by atoms with Crippen LogP contribution in [0.4, 0.5) is 0 Å². The average Bonchev–Trinajstić information content (AvgIpc) is 2.40. The first-order valence-electron chi connectivity index (χ1n) is 6.75. The molecule has 1 fully saturated rings. The smallest absolute Gasteiger partial charge is 0.246 e. The first kappa shape index (κ1) is 15.0. The Kier molecular flexibility index (Phi) is 4.48. The van der Waals surface area contributed by atoms with Gasteiger partial charge in [-0.05, 0) is 30.5 Å². The van der Waals surface area contributed by atoms with Crippen molar-refractivity contribution >= 4 is 27.7 Å². The first-order valence-corrected chi connectivity index (χ1v) is 7.54. The van der Waals surface area contributed by atoms with E-state index >= 15 is 0 Å². The molecule has 4 nitrogen and oxygen atoms in total. The van der Waals surface area contributed by atoms with Crippen molar-refractivity contribution in [3.63, 3.8) is 0 Å². The van der Waals surface area contributed by atoms with Crippen LogP contribution >= 0.6 is 15.9 Å². The molecule has 0 saturated carbocycles. The zero-order chi connectivity index (χ0) is 14.9. The maximum Gasteiger partial charge on any atom is 0.246 e. The summed E-state index contributed by atoms with van der Waals surface area (Å²) in [6, 6.07) is 7.29. The molecule has 1 aromatic rings. The maximum absolute atomic E-state index is 12.5. The number of halogens is 1. The number of hydrogen-bond donors (Lipinski definition) is 1. The highest BCUT2D eigenvalue weighted by Gasteiger charge is 2.37. The van der Waals surface area contributed by atoms with E-state index in [0.29, 0.717) is 0 Å². The topological polar surface area (TPSA) is 49.4 Å². The third-order valence-corrected chi connectivity index (χ3v) is 4.14. The lowest BCUT2D eigenvalue weighted by Gasteiger charge is -2.38. The van der Waals surface area contributed by atoms with Crippen LogP contribution in [0.25, 0.3) is 0 Å². The molecule has 1 heterocycles. The highest BCUT2D eigenvalue weighted by molar-refractivity contribution is 9.10. The van der Waals surface area contributed by atoms with E-state index in [1.54, 1.807) is 4.90 Å². The van der Waals surface area contributed by atoms with Gasteiger partial charge in [-0.15, -0.1) is 0 Å². The maximum atomic E-state index is 12.5. The molecule has 0 radical (unpaired) electrons. The molecule has 2 rings (SSSR count). The molecule has 0 spiro atoms. The molecular weight excluding hydrogens is 320 g/mol. The molecular formula is C15H19BrN2O2. The first-order chi connectivity index (χ1) is 9.40. The number of benzene rings is 1. The van der Waals surface area contributed by atoms with Crippen LogP contribution in [0, 0.1) is 5.92 Å². The standard InChI is InChI=1S/C15H19BrN2O2/c1-9(2)14-15(20)18(8-13(19)17-14)10(3)11-5-4-6-12(16)7-11/h4-7,9-10,14H,8H2,1-3H3,(H,17,19). The van der Waals surface area contributed by atoms with Gasteiger partial charge in [-0.2, -0.15) is 0 Å². The van der Waals surface area contributed by atoms with Crippen molar-refractivity contribution in [2.45, 2.75) is 32.9 Å². The van der Waals surface area contributed by atoms with Crippen molar-refractivity contribution in [1.82, 2.24) is 10.2 Å². The van der Waals surface area contributed by atoms with Crippen LogP contribution in [0.1, 0.15) is 32.4 Å². The lowest BCUT2D eigenvalue weighted by molar-refractivity contribution is -0.147. The van der Waals surface area contributed by atoms with Crippen LogP contribution in [0.5, 0.6) is 0 Å². The van der Waals surface area contributed by atoms with Gasteiger partial charge in [0.25, 0.3) is 0 Å². The Bertz CT molecular complexity index is 530. The third kappa shape index (κ3) is 3.03. The summed E-state index contributed by atoms with van der Waals surface area (Å²) in [6.07, 6.45) is 0. The van der Waals surface area contributed by atoms with E-state index in [1.807, 2.05) is 45.0 Å². The van der Waals surface area contributed by atoms with Crippen molar-refractivity contribution in [2.75, 3.05) is 6.54 Å². The summed E-state index contributed by atoms with van der Waals surface area (Å²) in [5.74, 6) is -0.0128. The zero-order valence-electron chi connectivity index (χ0n) is 11.9. The van der Waals surface area contributed by atoms with Gasteiger partial charge in [-0.1, -0.05) is 41.9 Å². The molecule has 1 aliphatic rings. The number of piperazine rings is 1. The molecule has 0 aromatic heterocycles. The van der Waals surface area contributed by atoms with Crippen molar-refractivity contribution in [3.05, 3.63) is 34.3 Å².